The maximum Gasteiger partial charge on any atom is 0.391 e. The summed E-state index contributed by atoms with van der Waals surface area (Å²) in [6, 6.07) is 8.74. The van der Waals surface area contributed by atoms with Gasteiger partial charge in [-0.25, -0.2) is 0 Å². The molecule has 4 rings (SSSR count). The van der Waals surface area contributed by atoms with Gasteiger partial charge in [-0.3, -0.25) is 24.5 Å². The molecule has 2 atom stereocenters. The zero-order valence-electron chi connectivity index (χ0n) is 18.2. The number of nitrogens with one attached hydrogen (secondary N) is 2. The van der Waals surface area contributed by atoms with Crippen molar-refractivity contribution in [2.45, 2.75) is 51.0 Å². The van der Waals surface area contributed by atoms with Crippen molar-refractivity contribution < 1.29 is 32.3 Å². The van der Waals surface area contributed by atoms with Crippen molar-refractivity contribution >= 4 is 23.6 Å². The number of carbonyl (C=O) groups is 4. The van der Waals surface area contributed by atoms with Crippen LogP contribution in [-0.4, -0.2) is 40.7 Å². The summed E-state index contributed by atoms with van der Waals surface area (Å²) in [5.41, 5.74) is 1.90. The largest absolute Gasteiger partial charge is 0.391 e. The van der Waals surface area contributed by atoms with E-state index in [-0.39, 0.29) is 24.9 Å². The summed E-state index contributed by atoms with van der Waals surface area (Å²) in [7, 11) is 0. The molecule has 7 nitrogen and oxygen atoms in total. The lowest BCUT2D eigenvalue weighted by atomic mass is 9.97. The van der Waals surface area contributed by atoms with Gasteiger partial charge in [-0.2, -0.15) is 13.2 Å². The van der Waals surface area contributed by atoms with Gasteiger partial charge < -0.3 is 10.2 Å². The van der Waals surface area contributed by atoms with Gasteiger partial charge in [0.1, 0.15) is 6.04 Å². The molecule has 2 heterocycles. The zero-order valence-corrected chi connectivity index (χ0v) is 18.2. The van der Waals surface area contributed by atoms with E-state index in [2.05, 4.69) is 10.6 Å². The number of rotatable bonds is 5. The summed E-state index contributed by atoms with van der Waals surface area (Å²) in [4.78, 5) is 50.6. The molecule has 2 N–H and O–H groups in total. The molecule has 2 aromatic carbocycles. The van der Waals surface area contributed by atoms with Crippen molar-refractivity contribution in [1.82, 2.24) is 15.5 Å². The molecule has 1 fully saturated rings. The number of imide groups is 1. The second kappa shape index (κ2) is 8.92. The molecule has 0 aliphatic carbocycles. The van der Waals surface area contributed by atoms with E-state index < -0.39 is 48.3 Å². The van der Waals surface area contributed by atoms with Crippen LogP contribution in [0.15, 0.2) is 42.5 Å². The minimum absolute atomic E-state index is 0.0609. The number of halogens is 3. The first kappa shape index (κ1) is 23.5. The molecule has 0 spiro atoms. The van der Waals surface area contributed by atoms with Crippen LogP contribution in [0.1, 0.15) is 62.7 Å². The molecule has 10 heteroatoms. The number of alkyl halides is 3. The Morgan fingerprint density at radius 3 is 2.59 bits per heavy atom. The predicted octanol–water partition coefficient (Wildman–Crippen LogP) is 3.18. The summed E-state index contributed by atoms with van der Waals surface area (Å²) in [6.45, 7) is 1.74. The van der Waals surface area contributed by atoms with E-state index in [1.807, 2.05) is 0 Å². The van der Waals surface area contributed by atoms with Crippen molar-refractivity contribution in [1.29, 1.82) is 0 Å². The summed E-state index contributed by atoms with van der Waals surface area (Å²) in [5.74, 6) is -2.05. The summed E-state index contributed by atoms with van der Waals surface area (Å²) >= 11 is 0. The third-order valence-corrected chi connectivity index (χ3v) is 6.09. The number of carbonyl (C=O) groups excluding carboxylic acids is 4. The highest BCUT2D eigenvalue weighted by Crippen LogP contribution is 2.32. The van der Waals surface area contributed by atoms with E-state index in [0.29, 0.717) is 22.3 Å². The Morgan fingerprint density at radius 1 is 1.18 bits per heavy atom. The molecule has 34 heavy (non-hydrogen) atoms. The van der Waals surface area contributed by atoms with E-state index in [4.69, 9.17) is 0 Å². The number of piperidine rings is 1. The molecular formula is C24H22F3N3O4. The molecule has 2 aliphatic heterocycles. The maximum atomic E-state index is 13.2. The Bertz CT molecular complexity index is 1180. The third kappa shape index (κ3) is 4.80. The predicted molar refractivity (Wildman–Crippen MR) is 115 cm³/mol. The van der Waals surface area contributed by atoms with Crippen molar-refractivity contribution in [3.8, 4) is 0 Å². The van der Waals surface area contributed by atoms with Crippen LogP contribution in [0, 0.1) is 6.92 Å². The highest BCUT2D eigenvalue weighted by molar-refractivity contribution is 6.06. The van der Waals surface area contributed by atoms with Gasteiger partial charge in [0.05, 0.1) is 12.5 Å². The van der Waals surface area contributed by atoms with Gasteiger partial charge in [-0.1, -0.05) is 24.3 Å². The standard InChI is InChI=1S/C24H22F3N3O4/c1-13-4-2-3-5-16(13)18(11-24(25,26)27)28-21(32)14-6-7-17-15(10-14)12-30(23(17)34)19-8-9-20(31)29-22(19)33/h2-7,10,18-19H,8-9,11-12H2,1H3,(H,28,32)(H,29,31,33)/t18-,19?/m1/s1. The Balaban J connectivity index is 1.54. The summed E-state index contributed by atoms with van der Waals surface area (Å²) in [6.07, 6.45) is -5.40. The first-order chi connectivity index (χ1) is 16.0. The van der Waals surface area contributed by atoms with Crippen molar-refractivity contribution in [3.63, 3.8) is 0 Å². The number of benzene rings is 2. The molecule has 178 valence electrons. The van der Waals surface area contributed by atoms with Gasteiger partial charge in [-0.15, -0.1) is 0 Å². The third-order valence-electron chi connectivity index (χ3n) is 6.09. The second-order valence-corrected chi connectivity index (χ2v) is 8.47. The molecule has 0 aromatic heterocycles. The monoisotopic (exact) mass is 473 g/mol. The van der Waals surface area contributed by atoms with Gasteiger partial charge in [0.25, 0.3) is 11.8 Å². The van der Waals surface area contributed by atoms with Crippen LogP contribution < -0.4 is 10.6 Å². The highest BCUT2D eigenvalue weighted by Gasteiger charge is 2.39. The van der Waals surface area contributed by atoms with Crippen LogP contribution in [0.4, 0.5) is 13.2 Å². The molecule has 0 saturated carbocycles. The van der Waals surface area contributed by atoms with Crippen LogP contribution in [0.25, 0.3) is 0 Å². The minimum Gasteiger partial charge on any atom is -0.345 e. The number of hydrogen-bond donors (Lipinski definition) is 2. The fourth-order valence-electron chi connectivity index (χ4n) is 4.41. The first-order valence-corrected chi connectivity index (χ1v) is 10.7. The lowest BCUT2D eigenvalue weighted by molar-refractivity contribution is -0.140. The molecule has 2 aliphatic rings. The lowest BCUT2D eigenvalue weighted by Crippen LogP contribution is -2.52. The molecule has 0 radical (unpaired) electrons. The summed E-state index contributed by atoms with van der Waals surface area (Å²) in [5, 5.41) is 4.69. The van der Waals surface area contributed by atoms with Crippen LogP contribution in [0.3, 0.4) is 0 Å². The van der Waals surface area contributed by atoms with E-state index >= 15 is 0 Å². The zero-order chi connectivity index (χ0) is 24.6. The number of hydrogen-bond acceptors (Lipinski definition) is 4. The number of fused-ring (bicyclic) bond motifs is 1. The smallest absolute Gasteiger partial charge is 0.345 e. The maximum absolute atomic E-state index is 13.2. The number of amides is 4. The fourth-order valence-corrected chi connectivity index (χ4v) is 4.41. The van der Waals surface area contributed by atoms with E-state index in [1.165, 1.54) is 23.1 Å². The molecule has 1 saturated heterocycles. The van der Waals surface area contributed by atoms with Crippen molar-refractivity contribution in [3.05, 3.63) is 70.3 Å². The SMILES string of the molecule is Cc1ccccc1[C@@H](CC(F)(F)F)NC(=O)c1ccc2c(c1)CN(C1CCC(=O)NC1=O)C2=O. The van der Waals surface area contributed by atoms with Gasteiger partial charge in [0.2, 0.25) is 11.8 Å². The average molecular weight is 473 g/mol. The van der Waals surface area contributed by atoms with Crippen molar-refractivity contribution in [2.75, 3.05) is 0 Å². The van der Waals surface area contributed by atoms with Crippen LogP contribution in [0.2, 0.25) is 0 Å². The van der Waals surface area contributed by atoms with Crippen LogP contribution >= 0.6 is 0 Å². The van der Waals surface area contributed by atoms with Crippen molar-refractivity contribution in [2.24, 2.45) is 0 Å². The molecule has 4 amide bonds. The number of aryl methyl sites for hydroxylation is 1. The van der Waals surface area contributed by atoms with Crippen LogP contribution in [-0.2, 0) is 16.1 Å². The average Bonchev–Trinajstić information content (AvgIpc) is 3.08. The Morgan fingerprint density at radius 2 is 1.91 bits per heavy atom. The lowest BCUT2D eigenvalue weighted by Gasteiger charge is -2.29. The Hall–Kier alpha value is -3.69. The molecule has 2 aromatic rings. The molecule has 0 bridgehead atoms. The normalized spacial score (nSPS) is 19.0. The molecular weight excluding hydrogens is 451 g/mol. The highest BCUT2D eigenvalue weighted by atomic mass is 19.4. The summed E-state index contributed by atoms with van der Waals surface area (Å²) < 4.78 is 39.7. The fraction of sp³-hybridized carbons (Fsp3) is 0.333. The Labute approximate surface area is 193 Å². The minimum atomic E-state index is -4.49. The number of nitrogens with zero attached hydrogens (tertiary/aromatic N) is 1. The topological polar surface area (TPSA) is 95.6 Å². The van der Waals surface area contributed by atoms with E-state index in [9.17, 15) is 32.3 Å². The van der Waals surface area contributed by atoms with E-state index in [1.54, 1.807) is 31.2 Å². The van der Waals surface area contributed by atoms with Crippen LogP contribution in [0.5, 0.6) is 0 Å². The van der Waals surface area contributed by atoms with Gasteiger partial charge >= 0.3 is 6.18 Å². The van der Waals surface area contributed by atoms with E-state index in [0.717, 1.165) is 0 Å². The Kier molecular flexibility index (Phi) is 6.16. The van der Waals surface area contributed by atoms with Gasteiger partial charge in [-0.05, 0) is 48.2 Å². The quantitative estimate of drug-likeness (QED) is 0.652. The van der Waals surface area contributed by atoms with Gasteiger partial charge in [0, 0.05) is 24.1 Å². The molecule has 1 unspecified atom stereocenters. The van der Waals surface area contributed by atoms with Gasteiger partial charge in [0.15, 0.2) is 0 Å². The first-order valence-electron chi connectivity index (χ1n) is 10.7. The second-order valence-electron chi connectivity index (χ2n) is 8.47.